The fourth-order valence-corrected chi connectivity index (χ4v) is 6.55. The summed E-state index contributed by atoms with van der Waals surface area (Å²) in [5.74, 6) is -3.46. The van der Waals surface area contributed by atoms with Crippen molar-refractivity contribution < 1.29 is 22.0 Å². The van der Waals surface area contributed by atoms with Gasteiger partial charge in [-0.3, -0.25) is 9.52 Å². The molecule has 0 saturated carbocycles. The summed E-state index contributed by atoms with van der Waals surface area (Å²) in [6, 6.07) is 14.5. The Balaban J connectivity index is 1.91. The van der Waals surface area contributed by atoms with Crippen LogP contribution in [0.3, 0.4) is 0 Å². The van der Waals surface area contributed by atoms with Gasteiger partial charge in [-0.05, 0) is 53.8 Å². The molecule has 1 unspecified atom stereocenters. The van der Waals surface area contributed by atoms with Crippen LogP contribution in [0.5, 0.6) is 0 Å². The van der Waals surface area contributed by atoms with Gasteiger partial charge in [-0.15, -0.1) is 0 Å². The van der Waals surface area contributed by atoms with E-state index in [4.69, 9.17) is 23.2 Å². The Morgan fingerprint density at radius 1 is 1.07 bits per heavy atom. The molecule has 42 heavy (non-hydrogen) atoms. The maximum Gasteiger partial charge on any atom is 0.242 e. The minimum Gasteiger partial charge on any atom is -0.325 e. The first kappa shape index (κ1) is 31.7. The molecule has 1 aliphatic heterocycles. The van der Waals surface area contributed by atoms with Crippen molar-refractivity contribution in [2.24, 2.45) is 5.41 Å². The predicted octanol–water partition coefficient (Wildman–Crippen LogP) is 6.60. The number of nitrogens with zero attached hydrogens (tertiary/aromatic N) is 1. The molecule has 0 spiro atoms. The SMILES string of the molecule is CC(C)(C)C[C@@H]1N[C@@H](C(=O)Nc2cccc(NS(C)(=O)=O)c2)C(c2cccc(Cl)c2F)[C@@]1(C#N)c1ccc(Cl)cc1F. The fourth-order valence-electron chi connectivity index (χ4n) is 5.65. The summed E-state index contributed by atoms with van der Waals surface area (Å²) in [4.78, 5) is 14.0. The monoisotopic (exact) mass is 634 g/mol. The molecular formula is C30H30Cl2F2N4O3S. The number of hydrogen-bond acceptors (Lipinski definition) is 5. The van der Waals surface area contributed by atoms with E-state index in [-0.39, 0.29) is 32.5 Å². The third kappa shape index (κ3) is 6.55. The van der Waals surface area contributed by atoms with Crippen molar-refractivity contribution in [3.8, 4) is 6.07 Å². The van der Waals surface area contributed by atoms with Gasteiger partial charge in [0.15, 0.2) is 0 Å². The van der Waals surface area contributed by atoms with Gasteiger partial charge < -0.3 is 10.6 Å². The van der Waals surface area contributed by atoms with E-state index in [1.165, 1.54) is 42.5 Å². The second-order valence-electron chi connectivity index (χ2n) is 11.6. The average Bonchev–Trinajstić information content (AvgIpc) is 3.18. The van der Waals surface area contributed by atoms with Crippen LogP contribution in [0.2, 0.25) is 10.0 Å². The van der Waals surface area contributed by atoms with E-state index < -0.39 is 56.4 Å². The predicted molar refractivity (Wildman–Crippen MR) is 161 cm³/mol. The van der Waals surface area contributed by atoms with Gasteiger partial charge in [0.2, 0.25) is 15.9 Å². The summed E-state index contributed by atoms with van der Waals surface area (Å²) in [6.45, 7) is 5.83. The van der Waals surface area contributed by atoms with E-state index in [2.05, 4.69) is 21.4 Å². The third-order valence-corrected chi connectivity index (χ3v) is 8.30. The highest BCUT2D eigenvalue weighted by atomic mass is 35.5. The summed E-state index contributed by atoms with van der Waals surface area (Å²) in [7, 11) is -3.58. The van der Waals surface area contributed by atoms with Gasteiger partial charge in [0, 0.05) is 28.2 Å². The number of carbonyl (C=O) groups is 1. The molecule has 3 N–H and O–H groups in total. The number of halogens is 4. The van der Waals surface area contributed by atoms with Gasteiger partial charge in [0.1, 0.15) is 17.0 Å². The number of rotatable bonds is 7. The van der Waals surface area contributed by atoms with Crippen molar-refractivity contribution >= 4 is 50.5 Å². The molecule has 3 aromatic rings. The van der Waals surface area contributed by atoms with Crippen LogP contribution >= 0.6 is 23.2 Å². The van der Waals surface area contributed by atoms with Crippen molar-refractivity contribution in [3.63, 3.8) is 0 Å². The molecule has 1 fully saturated rings. The number of amides is 1. The van der Waals surface area contributed by atoms with E-state index >= 15 is 8.78 Å². The first-order valence-corrected chi connectivity index (χ1v) is 15.7. The molecule has 7 nitrogen and oxygen atoms in total. The van der Waals surface area contributed by atoms with Crippen LogP contribution in [0.15, 0.2) is 60.7 Å². The maximum atomic E-state index is 15.8. The molecule has 1 heterocycles. The van der Waals surface area contributed by atoms with Crippen LogP contribution in [0.25, 0.3) is 0 Å². The van der Waals surface area contributed by atoms with Crippen LogP contribution in [-0.2, 0) is 20.2 Å². The van der Waals surface area contributed by atoms with Crippen LogP contribution in [0.1, 0.15) is 44.2 Å². The number of hydrogen-bond donors (Lipinski definition) is 3. The van der Waals surface area contributed by atoms with Crippen molar-refractivity contribution in [2.45, 2.75) is 50.6 Å². The highest BCUT2D eigenvalue weighted by molar-refractivity contribution is 7.92. The Labute approximate surface area is 254 Å². The molecule has 12 heteroatoms. The largest absolute Gasteiger partial charge is 0.325 e. The number of sulfonamides is 1. The number of nitrogens with one attached hydrogen (secondary N) is 3. The quantitative estimate of drug-likeness (QED) is 0.271. The lowest BCUT2D eigenvalue weighted by Gasteiger charge is -2.37. The second-order valence-corrected chi connectivity index (χ2v) is 14.2. The Kier molecular flexibility index (Phi) is 8.91. The molecule has 4 atom stereocenters. The van der Waals surface area contributed by atoms with E-state index in [9.17, 15) is 18.5 Å². The molecule has 3 aromatic carbocycles. The van der Waals surface area contributed by atoms with Crippen LogP contribution in [0, 0.1) is 28.4 Å². The van der Waals surface area contributed by atoms with Crippen molar-refractivity contribution in [1.29, 1.82) is 5.26 Å². The van der Waals surface area contributed by atoms with Gasteiger partial charge in [0.25, 0.3) is 0 Å². The maximum absolute atomic E-state index is 15.8. The van der Waals surface area contributed by atoms with E-state index in [1.54, 1.807) is 12.1 Å². The molecule has 1 saturated heterocycles. The van der Waals surface area contributed by atoms with E-state index in [1.807, 2.05) is 20.8 Å². The number of nitriles is 1. The lowest BCUT2D eigenvalue weighted by Crippen LogP contribution is -2.45. The lowest BCUT2D eigenvalue weighted by molar-refractivity contribution is -0.118. The molecule has 0 radical (unpaired) electrons. The van der Waals surface area contributed by atoms with Crippen LogP contribution in [-0.4, -0.2) is 32.7 Å². The van der Waals surface area contributed by atoms with Crippen LogP contribution in [0.4, 0.5) is 20.2 Å². The van der Waals surface area contributed by atoms with Crippen molar-refractivity contribution in [1.82, 2.24) is 5.32 Å². The molecule has 1 amide bonds. The molecule has 222 valence electrons. The molecule has 0 bridgehead atoms. The third-order valence-electron chi connectivity index (χ3n) is 7.16. The summed E-state index contributed by atoms with van der Waals surface area (Å²) in [5.41, 5.74) is -1.76. The van der Waals surface area contributed by atoms with Gasteiger partial charge >= 0.3 is 0 Å². The highest BCUT2D eigenvalue weighted by Crippen LogP contribution is 2.52. The summed E-state index contributed by atoms with van der Waals surface area (Å²) in [5, 5.41) is 16.8. The average molecular weight is 636 g/mol. The minimum absolute atomic E-state index is 0.0322. The van der Waals surface area contributed by atoms with Gasteiger partial charge in [-0.1, -0.05) is 68.2 Å². The van der Waals surface area contributed by atoms with Crippen LogP contribution < -0.4 is 15.4 Å². The smallest absolute Gasteiger partial charge is 0.242 e. The molecule has 0 aromatic heterocycles. The van der Waals surface area contributed by atoms with E-state index in [0.717, 1.165) is 12.3 Å². The zero-order chi connectivity index (χ0) is 31.0. The van der Waals surface area contributed by atoms with Crippen molar-refractivity contribution in [2.75, 3.05) is 16.3 Å². The fraction of sp³-hybridized carbons (Fsp3) is 0.333. The molecule has 0 aliphatic carbocycles. The second kappa shape index (κ2) is 11.8. The number of benzene rings is 3. The highest BCUT2D eigenvalue weighted by Gasteiger charge is 2.61. The summed E-state index contributed by atoms with van der Waals surface area (Å²) < 4.78 is 57.3. The Morgan fingerprint density at radius 2 is 1.74 bits per heavy atom. The first-order chi connectivity index (χ1) is 19.6. The minimum atomic E-state index is -3.58. The van der Waals surface area contributed by atoms with E-state index in [0.29, 0.717) is 6.42 Å². The van der Waals surface area contributed by atoms with Gasteiger partial charge in [-0.25, -0.2) is 17.2 Å². The zero-order valence-corrected chi connectivity index (χ0v) is 25.6. The van der Waals surface area contributed by atoms with Crippen molar-refractivity contribution in [3.05, 3.63) is 93.5 Å². The summed E-state index contributed by atoms with van der Waals surface area (Å²) in [6.07, 6.45) is 1.32. The zero-order valence-electron chi connectivity index (χ0n) is 23.3. The standard InChI is InChI=1S/C30H30Cl2F2N4O3S/c1-29(2,3)15-24-30(16-35,21-12-11-17(31)13-23(21)33)25(20-9-6-10-22(32)26(20)34)27(37-24)28(39)36-18-7-5-8-19(14-18)38-42(4,40)41/h5-14,24-25,27,37-38H,15H2,1-4H3,(H,36,39)/t24-,25?,27+,30-/m0/s1. The Hall–Kier alpha value is -3.23. The Morgan fingerprint density at radius 3 is 2.36 bits per heavy atom. The number of anilines is 2. The molecular weight excluding hydrogens is 605 g/mol. The Bertz CT molecular complexity index is 1670. The normalized spacial score (nSPS) is 22.4. The lowest BCUT2D eigenvalue weighted by atomic mass is 9.62. The van der Waals surface area contributed by atoms with Gasteiger partial charge in [-0.2, -0.15) is 5.26 Å². The first-order valence-electron chi connectivity index (χ1n) is 13.0. The number of carbonyl (C=O) groups excluding carboxylic acids is 1. The topological polar surface area (TPSA) is 111 Å². The summed E-state index contributed by atoms with van der Waals surface area (Å²) >= 11 is 12.2. The van der Waals surface area contributed by atoms with Gasteiger partial charge in [0.05, 0.1) is 29.1 Å². The molecule has 1 aliphatic rings. The molecule has 4 rings (SSSR count).